The molecular formula is C24H30N6O6. The van der Waals surface area contributed by atoms with E-state index in [1.54, 1.807) is 6.20 Å². The van der Waals surface area contributed by atoms with Crippen molar-refractivity contribution in [3.63, 3.8) is 0 Å². The number of benzene rings is 1. The van der Waals surface area contributed by atoms with Crippen molar-refractivity contribution in [3.05, 3.63) is 47.8 Å². The van der Waals surface area contributed by atoms with Crippen LogP contribution < -0.4 is 5.32 Å². The van der Waals surface area contributed by atoms with E-state index in [9.17, 15) is 14.4 Å². The van der Waals surface area contributed by atoms with Gasteiger partial charge in [-0.25, -0.2) is 4.79 Å². The second-order valence-electron chi connectivity index (χ2n) is 9.18. The summed E-state index contributed by atoms with van der Waals surface area (Å²) < 4.78 is 4.97. The number of aromatic nitrogens is 3. The molecule has 2 aromatic rings. The molecule has 1 aromatic heterocycles. The molecule has 3 amide bonds. The van der Waals surface area contributed by atoms with E-state index in [0.29, 0.717) is 39.0 Å². The average molecular weight is 499 g/mol. The molecule has 12 nitrogen and oxygen atoms in total. The van der Waals surface area contributed by atoms with Crippen molar-refractivity contribution in [2.75, 3.05) is 26.2 Å². The monoisotopic (exact) mass is 498 g/mol. The molecule has 0 spiro atoms. The third-order valence-electron chi connectivity index (χ3n) is 7.15. The number of ether oxygens (including phenoxy) is 1. The molecule has 4 heterocycles. The van der Waals surface area contributed by atoms with Gasteiger partial charge in [0.15, 0.2) is 0 Å². The molecule has 192 valence electrons. The number of fused-ring (bicyclic) bond motifs is 2. The van der Waals surface area contributed by atoms with Crippen molar-refractivity contribution in [1.29, 1.82) is 0 Å². The summed E-state index contributed by atoms with van der Waals surface area (Å²) in [5.41, 5.74) is 1.16. The van der Waals surface area contributed by atoms with Crippen molar-refractivity contribution < 1.29 is 29.0 Å². The van der Waals surface area contributed by atoms with Crippen LogP contribution in [0.25, 0.3) is 0 Å². The number of cyclic esters (lactones) is 1. The lowest BCUT2D eigenvalue weighted by Crippen LogP contribution is -2.52. The van der Waals surface area contributed by atoms with Crippen LogP contribution in [0.1, 0.15) is 30.5 Å². The van der Waals surface area contributed by atoms with Crippen molar-refractivity contribution in [3.8, 4) is 0 Å². The highest BCUT2D eigenvalue weighted by molar-refractivity contribution is 5.89. The van der Waals surface area contributed by atoms with Gasteiger partial charge in [-0.1, -0.05) is 30.3 Å². The van der Waals surface area contributed by atoms with Crippen LogP contribution in [0.5, 0.6) is 0 Å². The third-order valence-corrected chi connectivity index (χ3v) is 7.15. The molecule has 5 rings (SSSR count). The minimum atomic E-state index is -0.699. The molecule has 36 heavy (non-hydrogen) atoms. The number of amides is 3. The Morgan fingerprint density at radius 1 is 1.28 bits per heavy atom. The number of hydrogen-bond donors (Lipinski definition) is 3. The summed E-state index contributed by atoms with van der Waals surface area (Å²) in [5.74, 6) is -0.132. The Bertz CT molecular complexity index is 1060. The number of rotatable bonds is 8. The summed E-state index contributed by atoms with van der Waals surface area (Å²) in [6.45, 7) is 0.935. The smallest absolute Gasteiger partial charge is 0.410 e. The van der Waals surface area contributed by atoms with E-state index in [1.807, 2.05) is 35.2 Å². The van der Waals surface area contributed by atoms with Crippen LogP contribution in [0.3, 0.4) is 0 Å². The Kier molecular flexibility index (Phi) is 7.81. The van der Waals surface area contributed by atoms with Gasteiger partial charge in [0.1, 0.15) is 13.2 Å². The molecule has 3 aliphatic heterocycles. The van der Waals surface area contributed by atoms with Crippen molar-refractivity contribution in [1.82, 2.24) is 30.5 Å². The van der Waals surface area contributed by atoms with Gasteiger partial charge in [0.25, 0.3) is 6.47 Å². The first-order valence-corrected chi connectivity index (χ1v) is 12.0. The van der Waals surface area contributed by atoms with Gasteiger partial charge in [0.05, 0.1) is 23.9 Å². The fourth-order valence-corrected chi connectivity index (χ4v) is 5.67. The van der Waals surface area contributed by atoms with Crippen LogP contribution in [0.4, 0.5) is 4.79 Å². The molecule has 3 fully saturated rings. The standard InChI is InChI=1S/C23H28N6O4.CH2O2/c30-20(15-28-10-11-33-22(28)32)29-18-6-7-19(29)23(13-18,12-16-4-2-1-3-5-16)21(31)24-9-8-17-14-25-27-26-17;2-1-3/h1-5,14,18-19H,6-13,15H2,(H,24,31)(H,25,26,27);1H,(H,2,3)/t18-,19+,23+;/m1./s1. The molecule has 3 atom stereocenters. The van der Waals surface area contributed by atoms with Gasteiger partial charge < -0.3 is 20.1 Å². The Morgan fingerprint density at radius 2 is 2.06 bits per heavy atom. The first-order chi connectivity index (χ1) is 17.5. The van der Waals surface area contributed by atoms with Gasteiger partial charge >= 0.3 is 6.09 Å². The molecular weight excluding hydrogens is 468 g/mol. The number of aromatic amines is 1. The Balaban J connectivity index is 0.000000967. The molecule has 1 aromatic carbocycles. The zero-order valence-electron chi connectivity index (χ0n) is 19.8. The minimum absolute atomic E-state index is 0.00102. The van der Waals surface area contributed by atoms with Gasteiger partial charge in [-0.2, -0.15) is 15.4 Å². The maximum atomic E-state index is 13.7. The second kappa shape index (κ2) is 11.2. The van der Waals surface area contributed by atoms with Crippen LogP contribution >= 0.6 is 0 Å². The van der Waals surface area contributed by atoms with Crippen LogP contribution in [0.15, 0.2) is 36.5 Å². The van der Waals surface area contributed by atoms with Gasteiger partial charge in [0, 0.05) is 25.0 Å². The third kappa shape index (κ3) is 5.16. The summed E-state index contributed by atoms with van der Waals surface area (Å²) >= 11 is 0. The highest BCUT2D eigenvalue weighted by Gasteiger charge is 2.61. The van der Waals surface area contributed by atoms with E-state index in [4.69, 9.17) is 14.6 Å². The summed E-state index contributed by atoms with van der Waals surface area (Å²) in [7, 11) is 0. The summed E-state index contributed by atoms with van der Waals surface area (Å²) in [6.07, 6.45) is 4.63. The fraction of sp³-hybridized carbons (Fsp3) is 0.500. The fourth-order valence-electron chi connectivity index (χ4n) is 5.67. The number of carbonyl (C=O) groups excluding carboxylic acids is 3. The quantitative estimate of drug-likeness (QED) is 0.447. The maximum absolute atomic E-state index is 13.7. The predicted molar refractivity (Wildman–Crippen MR) is 126 cm³/mol. The molecule has 0 radical (unpaired) electrons. The van der Waals surface area contributed by atoms with E-state index in [-0.39, 0.29) is 36.9 Å². The average Bonchev–Trinajstić information content (AvgIpc) is 3.66. The lowest BCUT2D eigenvalue weighted by Gasteiger charge is -2.36. The molecule has 3 saturated heterocycles. The minimum Gasteiger partial charge on any atom is -0.483 e. The van der Waals surface area contributed by atoms with Gasteiger partial charge in [-0.3, -0.25) is 19.3 Å². The first-order valence-electron chi connectivity index (χ1n) is 12.0. The Labute approximate surface area is 208 Å². The van der Waals surface area contributed by atoms with E-state index < -0.39 is 11.5 Å². The first kappa shape index (κ1) is 25.1. The van der Waals surface area contributed by atoms with Crippen LogP contribution in [-0.2, 0) is 32.0 Å². The summed E-state index contributed by atoms with van der Waals surface area (Å²) in [4.78, 5) is 50.5. The summed E-state index contributed by atoms with van der Waals surface area (Å²) in [6, 6.07) is 9.78. The van der Waals surface area contributed by atoms with Gasteiger partial charge in [-0.15, -0.1) is 0 Å². The van der Waals surface area contributed by atoms with E-state index in [2.05, 4.69) is 20.7 Å². The Morgan fingerprint density at radius 3 is 2.72 bits per heavy atom. The molecule has 12 heteroatoms. The zero-order valence-corrected chi connectivity index (χ0v) is 19.8. The molecule has 0 unspecified atom stereocenters. The lowest BCUT2D eigenvalue weighted by molar-refractivity contribution is -0.137. The number of H-pyrrole nitrogens is 1. The largest absolute Gasteiger partial charge is 0.483 e. The van der Waals surface area contributed by atoms with Gasteiger partial charge in [0.2, 0.25) is 11.8 Å². The molecule has 3 N–H and O–H groups in total. The Hall–Kier alpha value is -3.96. The van der Waals surface area contributed by atoms with Crippen LogP contribution in [-0.4, -0.2) is 93.0 Å². The normalized spacial score (nSPS) is 24.2. The SMILES string of the molecule is O=C1OCCN1CC(=O)N1[C@@H]2CC[C@H]1[C@@](Cc1ccccc1)(C(=O)NCCc1cn[nH]n1)C2.O=CO. The van der Waals surface area contributed by atoms with Crippen molar-refractivity contribution in [2.45, 2.75) is 44.2 Å². The number of hydrogen-bond acceptors (Lipinski definition) is 7. The lowest BCUT2D eigenvalue weighted by atomic mass is 9.69. The zero-order chi connectivity index (χ0) is 25.5. The number of carbonyl (C=O) groups is 4. The van der Waals surface area contributed by atoms with E-state index >= 15 is 0 Å². The highest BCUT2D eigenvalue weighted by Crippen LogP contribution is 2.51. The van der Waals surface area contributed by atoms with Crippen LogP contribution in [0, 0.1) is 5.41 Å². The van der Waals surface area contributed by atoms with Crippen molar-refractivity contribution >= 4 is 24.4 Å². The topological polar surface area (TPSA) is 158 Å². The van der Waals surface area contributed by atoms with Gasteiger partial charge in [-0.05, 0) is 31.2 Å². The second-order valence-corrected chi connectivity index (χ2v) is 9.18. The molecule has 2 bridgehead atoms. The number of nitrogens with zero attached hydrogens (tertiary/aromatic N) is 4. The maximum Gasteiger partial charge on any atom is 0.410 e. The number of nitrogens with one attached hydrogen (secondary N) is 2. The molecule has 0 saturated carbocycles. The molecule has 0 aliphatic carbocycles. The van der Waals surface area contributed by atoms with E-state index in [1.165, 1.54) is 4.90 Å². The van der Waals surface area contributed by atoms with Crippen molar-refractivity contribution in [2.24, 2.45) is 5.41 Å². The molecule has 3 aliphatic rings. The van der Waals surface area contributed by atoms with E-state index in [0.717, 1.165) is 24.1 Å². The highest BCUT2D eigenvalue weighted by atomic mass is 16.6. The predicted octanol–water partition coefficient (Wildman–Crippen LogP) is 0.609. The number of carboxylic acid groups (broad SMARTS) is 1. The van der Waals surface area contributed by atoms with Crippen LogP contribution in [0.2, 0.25) is 0 Å². The summed E-state index contributed by atoms with van der Waals surface area (Å²) in [5, 5.41) is 20.4.